The largest absolute Gasteiger partial charge is 0.484 e. The molecular formula is C27H20ClFN6O4S. The van der Waals surface area contributed by atoms with E-state index in [4.69, 9.17) is 31.1 Å². The SMILES string of the molecule is COc1cnc2c(-c3nc4cc(F)c(O[C@@H](C)[C@@H](C)OC(=O)Nc5ccc(C#N)nc5)cc4s3)cc(Cl)cc2n1. The Kier molecular flexibility index (Phi) is 7.59. The summed E-state index contributed by atoms with van der Waals surface area (Å²) in [7, 11) is 1.50. The zero-order chi connectivity index (χ0) is 28.4. The Hall–Kier alpha value is -4.60. The summed E-state index contributed by atoms with van der Waals surface area (Å²) in [5.41, 5.74) is 2.79. The Labute approximate surface area is 236 Å². The fourth-order valence-corrected chi connectivity index (χ4v) is 4.92. The molecule has 0 bridgehead atoms. The molecule has 2 atom stereocenters. The number of thiazole rings is 1. The second kappa shape index (κ2) is 11.3. The van der Waals surface area contributed by atoms with E-state index in [1.807, 2.05) is 6.07 Å². The molecule has 0 radical (unpaired) electrons. The Morgan fingerprint density at radius 2 is 1.93 bits per heavy atom. The fourth-order valence-electron chi connectivity index (χ4n) is 3.71. The van der Waals surface area contributed by atoms with Gasteiger partial charge in [-0.25, -0.2) is 29.1 Å². The van der Waals surface area contributed by atoms with E-state index in [2.05, 4.69) is 25.3 Å². The van der Waals surface area contributed by atoms with Gasteiger partial charge in [0, 0.05) is 22.7 Å². The van der Waals surface area contributed by atoms with Gasteiger partial charge >= 0.3 is 6.09 Å². The summed E-state index contributed by atoms with van der Waals surface area (Å²) in [5.74, 6) is -0.273. The molecule has 5 aromatic rings. The number of ether oxygens (including phenoxy) is 3. The number of carbonyl (C=O) groups is 1. The molecule has 0 unspecified atom stereocenters. The quantitative estimate of drug-likeness (QED) is 0.233. The van der Waals surface area contributed by atoms with Crippen LogP contribution in [0, 0.1) is 17.1 Å². The zero-order valence-corrected chi connectivity index (χ0v) is 22.9. The first kappa shape index (κ1) is 27.0. The number of nitrogens with one attached hydrogen (secondary N) is 1. The number of aromatic nitrogens is 4. The van der Waals surface area contributed by atoms with Crippen LogP contribution in [-0.2, 0) is 4.74 Å². The summed E-state index contributed by atoms with van der Waals surface area (Å²) < 4.78 is 32.0. The van der Waals surface area contributed by atoms with Crippen molar-refractivity contribution in [2.24, 2.45) is 0 Å². The number of nitrogens with zero attached hydrogens (tertiary/aromatic N) is 5. The van der Waals surface area contributed by atoms with Crippen molar-refractivity contribution in [3.63, 3.8) is 0 Å². The van der Waals surface area contributed by atoms with Crippen LogP contribution in [0.4, 0.5) is 14.9 Å². The van der Waals surface area contributed by atoms with Gasteiger partial charge in [0.15, 0.2) is 11.6 Å². The number of hydrogen-bond acceptors (Lipinski definition) is 10. The predicted octanol–water partition coefficient (Wildman–Crippen LogP) is 6.38. The monoisotopic (exact) mass is 578 g/mol. The van der Waals surface area contributed by atoms with Crippen molar-refractivity contribution < 1.29 is 23.4 Å². The van der Waals surface area contributed by atoms with E-state index in [1.165, 1.54) is 49.0 Å². The summed E-state index contributed by atoms with van der Waals surface area (Å²) in [5, 5.41) is 12.4. The second-order valence-corrected chi connectivity index (χ2v) is 10.1. The first-order valence-electron chi connectivity index (χ1n) is 11.8. The molecule has 3 heterocycles. The van der Waals surface area contributed by atoms with Crippen LogP contribution >= 0.6 is 22.9 Å². The molecule has 0 fully saturated rings. The van der Waals surface area contributed by atoms with Gasteiger partial charge in [-0.2, -0.15) is 5.26 Å². The van der Waals surface area contributed by atoms with Crippen molar-refractivity contribution in [2.45, 2.75) is 26.1 Å². The van der Waals surface area contributed by atoms with Crippen LogP contribution in [0.1, 0.15) is 19.5 Å². The third-order valence-electron chi connectivity index (χ3n) is 5.86. The lowest BCUT2D eigenvalue weighted by Crippen LogP contribution is -2.32. The first-order chi connectivity index (χ1) is 19.2. The topological polar surface area (TPSA) is 132 Å². The molecule has 1 N–H and O–H groups in total. The van der Waals surface area contributed by atoms with Gasteiger partial charge in [-0.3, -0.25) is 5.32 Å². The highest BCUT2D eigenvalue weighted by atomic mass is 35.5. The van der Waals surface area contributed by atoms with E-state index in [0.717, 1.165) is 0 Å². The van der Waals surface area contributed by atoms with Gasteiger partial charge in [0.05, 0.1) is 46.4 Å². The normalized spacial score (nSPS) is 12.5. The average molecular weight is 579 g/mol. The number of anilines is 1. The van der Waals surface area contributed by atoms with Crippen molar-refractivity contribution in [3.05, 3.63) is 65.3 Å². The minimum absolute atomic E-state index is 0.0113. The third kappa shape index (κ3) is 5.70. The van der Waals surface area contributed by atoms with Gasteiger partial charge in [-0.05, 0) is 38.1 Å². The molecule has 0 saturated heterocycles. The smallest absolute Gasteiger partial charge is 0.412 e. The van der Waals surface area contributed by atoms with Crippen LogP contribution < -0.4 is 14.8 Å². The van der Waals surface area contributed by atoms with Crippen LogP contribution in [0.3, 0.4) is 0 Å². The molecule has 0 saturated carbocycles. The van der Waals surface area contributed by atoms with E-state index in [1.54, 1.807) is 32.0 Å². The maximum absolute atomic E-state index is 15.0. The molecule has 0 aliphatic carbocycles. The minimum Gasteiger partial charge on any atom is -0.484 e. The summed E-state index contributed by atoms with van der Waals surface area (Å²) in [6.07, 6.45) is 0.684. The van der Waals surface area contributed by atoms with Crippen LogP contribution in [0.25, 0.3) is 31.8 Å². The van der Waals surface area contributed by atoms with Gasteiger partial charge in [-0.15, -0.1) is 11.3 Å². The summed E-state index contributed by atoms with van der Waals surface area (Å²) >= 11 is 7.65. The Balaban J connectivity index is 1.33. The van der Waals surface area contributed by atoms with Crippen molar-refractivity contribution >= 4 is 56.0 Å². The Morgan fingerprint density at radius 3 is 2.65 bits per heavy atom. The summed E-state index contributed by atoms with van der Waals surface area (Å²) in [6, 6.07) is 11.1. The highest BCUT2D eigenvalue weighted by molar-refractivity contribution is 7.21. The van der Waals surface area contributed by atoms with Crippen molar-refractivity contribution in [2.75, 3.05) is 12.4 Å². The van der Waals surface area contributed by atoms with E-state index >= 15 is 0 Å². The van der Waals surface area contributed by atoms with Crippen molar-refractivity contribution in [1.82, 2.24) is 19.9 Å². The van der Waals surface area contributed by atoms with E-state index < -0.39 is 24.1 Å². The van der Waals surface area contributed by atoms with Crippen molar-refractivity contribution in [3.8, 4) is 28.3 Å². The molecule has 202 valence electrons. The Bertz CT molecular complexity index is 1780. The third-order valence-corrected chi connectivity index (χ3v) is 7.13. The molecule has 2 aromatic carbocycles. The van der Waals surface area contributed by atoms with Gasteiger partial charge < -0.3 is 14.2 Å². The number of nitriles is 1. The van der Waals surface area contributed by atoms with E-state index in [9.17, 15) is 9.18 Å². The number of amides is 1. The first-order valence-corrected chi connectivity index (χ1v) is 13.0. The van der Waals surface area contributed by atoms with Crippen LogP contribution in [0.5, 0.6) is 11.6 Å². The number of fused-ring (bicyclic) bond motifs is 2. The molecule has 10 nitrogen and oxygen atoms in total. The molecule has 40 heavy (non-hydrogen) atoms. The lowest BCUT2D eigenvalue weighted by molar-refractivity contribution is 0.0402. The highest BCUT2D eigenvalue weighted by Gasteiger charge is 2.22. The van der Waals surface area contributed by atoms with Gasteiger partial charge in [0.2, 0.25) is 5.88 Å². The number of hydrogen-bond donors (Lipinski definition) is 1. The molecule has 0 spiro atoms. The fraction of sp³-hybridized carbons (Fsp3) is 0.185. The number of benzene rings is 2. The lowest BCUT2D eigenvalue weighted by Gasteiger charge is -2.22. The van der Waals surface area contributed by atoms with Gasteiger partial charge in [-0.1, -0.05) is 11.6 Å². The molecular weight excluding hydrogens is 559 g/mol. The number of pyridine rings is 1. The predicted molar refractivity (Wildman–Crippen MR) is 148 cm³/mol. The van der Waals surface area contributed by atoms with E-state index in [0.29, 0.717) is 48.4 Å². The van der Waals surface area contributed by atoms with E-state index in [-0.39, 0.29) is 11.4 Å². The maximum Gasteiger partial charge on any atom is 0.412 e. The molecule has 0 aliphatic rings. The zero-order valence-electron chi connectivity index (χ0n) is 21.3. The molecule has 5 rings (SSSR count). The van der Waals surface area contributed by atoms with Crippen molar-refractivity contribution in [1.29, 1.82) is 5.26 Å². The van der Waals surface area contributed by atoms with Gasteiger partial charge in [0.1, 0.15) is 29.0 Å². The minimum atomic E-state index is -0.744. The van der Waals surface area contributed by atoms with Crippen LogP contribution in [0.15, 0.2) is 48.8 Å². The number of rotatable bonds is 7. The lowest BCUT2D eigenvalue weighted by atomic mass is 10.2. The molecule has 0 aliphatic heterocycles. The highest BCUT2D eigenvalue weighted by Crippen LogP contribution is 2.38. The standard InChI is InChI=1S/C27H20ClFN6O4S/c1-13(14(2)39-27(36)33-17-5-4-16(10-30)31-11-17)38-22-9-23-20(8-19(22)29)35-26(40-23)18-6-15(28)7-21-25(18)32-12-24(34-21)37-3/h4-9,11-14H,1-3H3,(H,33,36)/t13-,14+/m0/s1. The maximum atomic E-state index is 15.0. The molecule has 13 heteroatoms. The second-order valence-electron chi connectivity index (χ2n) is 8.61. The summed E-state index contributed by atoms with van der Waals surface area (Å²) in [4.78, 5) is 29.6. The molecule has 3 aromatic heterocycles. The molecule has 1 amide bonds. The number of methoxy groups -OCH3 is 1. The number of halogens is 2. The van der Waals surface area contributed by atoms with Crippen LogP contribution in [-0.4, -0.2) is 45.3 Å². The Morgan fingerprint density at radius 1 is 1.10 bits per heavy atom. The van der Waals surface area contributed by atoms with Crippen LogP contribution in [0.2, 0.25) is 5.02 Å². The summed E-state index contributed by atoms with van der Waals surface area (Å²) in [6.45, 7) is 3.29. The van der Waals surface area contributed by atoms with Gasteiger partial charge in [0.25, 0.3) is 0 Å². The average Bonchev–Trinajstić information content (AvgIpc) is 3.35. The number of carbonyl (C=O) groups excluding carboxylic acids is 1.